The van der Waals surface area contributed by atoms with Crippen LogP contribution in [-0.2, 0) is 5.75 Å². The number of nitrogens with zero attached hydrogens (tertiary/aromatic N) is 2. The van der Waals surface area contributed by atoms with E-state index < -0.39 is 0 Å². The van der Waals surface area contributed by atoms with Gasteiger partial charge in [-0.2, -0.15) is 0 Å². The summed E-state index contributed by atoms with van der Waals surface area (Å²) in [6, 6.07) is 14.8. The molecule has 7 heteroatoms. The Labute approximate surface area is 160 Å². The van der Waals surface area contributed by atoms with Gasteiger partial charge in [0.1, 0.15) is 11.3 Å². The van der Waals surface area contributed by atoms with Gasteiger partial charge in [-0.05, 0) is 37.3 Å². The van der Waals surface area contributed by atoms with Crippen molar-refractivity contribution >= 4 is 34.5 Å². The molecule has 2 aromatic heterocycles. The number of benzene rings is 2. The summed E-state index contributed by atoms with van der Waals surface area (Å²) in [5, 5.41) is 6.93. The fourth-order valence-electron chi connectivity index (χ4n) is 2.74. The highest BCUT2D eigenvalue weighted by Gasteiger charge is 2.13. The maximum atomic E-state index is 12.8. The van der Waals surface area contributed by atoms with E-state index in [0.29, 0.717) is 28.5 Å². The Morgan fingerprint density at radius 3 is 2.81 bits per heavy atom. The van der Waals surface area contributed by atoms with Gasteiger partial charge in [-0.15, -0.1) is 11.8 Å². The molecule has 4 aromatic rings. The topological polar surface area (TPSA) is 81.2 Å². The molecule has 0 radical (unpaired) electrons. The first kappa shape index (κ1) is 17.4. The van der Waals surface area contributed by atoms with Crippen molar-refractivity contribution in [3.05, 3.63) is 71.4 Å². The Morgan fingerprint density at radius 2 is 2.00 bits per heavy atom. The van der Waals surface area contributed by atoms with Crippen molar-refractivity contribution in [1.29, 1.82) is 0 Å². The Hall–Kier alpha value is -3.06. The standard InChI is InChI=1S/C20H17N3O3S/c1-12-9-15(23-26-12)11-27-19-6-4-3-5-16(19)20(24)22-14-7-8-18-17(10-14)21-13(2)25-18/h3-10H,11H2,1-2H3,(H,22,24). The molecule has 0 saturated carbocycles. The molecule has 1 amide bonds. The highest BCUT2D eigenvalue weighted by Crippen LogP contribution is 2.27. The van der Waals surface area contributed by atoms with Gasteiger partial charge in [0.2, 0.25) is 0 Å². The zero-order valence-electron chi connectivity index (χ0n) is 14.9. The number of oxazole rings is 1. The molecule has 0 unspecified atom stereocenters. The third-order valence-electron chi connectivity index (χ3n) is 3.94. The lowest BCUT2D eigenvalue weighted by Crippen LogP contribution is -2.12. The molecule has 27 heavy (non-hydrogen) atoms. The number of nitrogens with one attached hydrogen (secondary N) is 1. The number of amides is 1. The van der Waals surface area contributed by atoms with Crippen LogP contribution < -0.4 is 5.32 Å². The minimum atomic E-state index is -0.172. The predicted octanol–water partition coefficient (Wildman–Crippen LogP) is 4.98. The number of carbonyl (C=O) groups excluding carboxylic acids is 1. The lowest BCUT2D eigenvalue weighted by molar-refractivity contribution is 0.102. The number of carbonyl (C=O) groups is 1. The summed E-state index contributed by atoms with van der Waals surface area (Å²) in [6.07, 6.45) is 0. The minimum Gasteiger partial charge on any atom is -0.441 e. The molecule has 0 fully saturated rings. The number of hydrogen-bond donors (Lipinski definition) is 1. The van der Waals surface area contributed by atoms with E-state index in [1.807, 2.05) is 37.3 Å². The molecular weight excluding hydrogens is 362 g/mol. The third kappa shape index (κ3) is 3.88. The van der Waals surface area contributed by atoms with Gasteiger partial charge in [-0.1, -0.05) is 17.3 Å². The van der Waals surface area contributed by atoms with Crippen LogP contribution in [0.25, 0.3) is 11.1 Å². The molecule has 0 spiro atoms. The van der Waals surface area contributed by atoms with Gasteiger partial charge in [0.05, 0.1) is 11.3 Å². The number of anilines is 1. The van der Waals surface area contributed by atoms with Crippen LogP contribution >= 0.6 is 11.8 Å². The molecule has 6 nitrogen and oxygen atoms in total. The average molecular weight is 379 g/mol. The van der Waals surface area contributed by atoms with E-state index in [9.17, 15) is 4.79 Å². The van der Waals surface area contributed by atoms with Crippen molar-refractivity contribution in [3.8, 4) is 0 Å². The zero-order valence-corrected chi connectivity index (χ0v) is 15.7. The van der Waals surface area contributed by atoms with Gasteiger partial charge in [-0.3, -0.25) is 4.79 Å². The van der Waals surface area contributed by atoms with Gasteiger partial charge in [-0.25, -0.2) is 4.98 Å². The number of thioether (sulfide) groups is 1. The molecule has 136 valence electrons. The smallest absolute Gasteiger partial charge is 0.256 e. The van der Waals surface area contributed by atoms with Crippen molar-refractivity contribution in [2.75, 3.05) is 5.32 Å². The van der Waals surface area contributed by atoms with Crippen LogP contribution in [-0.4, -0.2) is 16.0 Å². The van der Waals surface area contributed by atoms with Crippen molar-refractivity contribution in [2.45, 2.75) is 24.5 Å². The van der Waals surface area contributed by atoms with Crippen LogP contribution in [0.2, 0.25) is 0 Å². The second-order valence-electron chi connectivity index (χ2n) is 6.08. The Balaban J connectivity index is 1.52. The van der Waals surface area contributed by atoms with E-state index in [0.717, 1.165) is 21.9 Å². The molecule has 0 aliphatic carbocycles. The fraction of sp³-hybridized carbons (Fsp3) is 0.150. The Morgan fingerprint density at radius 1 is 1.15 bits per heavy atom. The number of hydrogen-bond acceptors (Lipinski definition) is 6. The highest BCUT2D eigenvalue weighted by molar-refractivity contribution is 7.98. The first-order valence-corrected chi connectivity index (χ1v) is 9.39. The maximum absolute atomic E-state index is 12.8. The Bertz CT molecular complexity index is 1120. The largest absolute Gasteiger partial charge is 0.441 e. The molecule has 2 heterocycles. The van der Waals surface area contributed by atoms with E-state index in [1.165, 1.54) is 0 Å². The summed E-state index contributed by atoms with van der Waals surface area (Å²) in [4.78, 5) is 18.0. The molecule has 0 atom stereocenters. The molecule has 0 aliphatic heterocycles. The van der Waals surface area contributed by atoms with Crippen LogP contribution in [0.3, 0.4) is 0 Å². The average Bonchev–Trinajstić information content (AvgIpc) is 3.24. The monoisotopic (exact) mass is 379 g/mol. The van der Waals surface area contributed by atoms with Gasteiger partial charge in [0, 0.05) is 29.3 Å². The summed E-state index contributed by atoms with van der Waals surface area (Å²) >= 11 is 1.55. The minimum absolute atomic E-state index is 0.172. The van der Waals surface area contributed by atoms with E-state index >= 15 is 0 Å². The van der Waals surface area contributed by atoms with E-state index in [2.05, 4.69) is 15.5 Å². The zero-order chi connectivity index (χ0) is 18.8. The molecule has 4 rings (SSSR count). The second-order valence-corrected chi connectivity index (χ2v) is 7.10. The number of fused-ring (bicyclic) bond motifs is 1. The number of rotatable bonds is 5. The van der Waals surface area contributed by atoms with Crippen LogP contribution in [0.15, 0.2) is 62.4 Å². The highest BCUT2D eigenvalue weighted by atomic mass is 32.2. The van der Waals surface area contributed by atoms with E-state index in [4.69, 9.17) is 8.94 Å². The van der Waals surface area contributed by atoms with Crippen molar-refractivity contribution < 1.29 is 13.7 Å². The van der Waals surface area contributed by atoms with Gasteiger partial charge >= 0.3 is 0 Å². The summed E-state index contributed by atoms with van der Waals surface area (Å²) in [6.45, 7) is 3.65. The lowest BCUT2D eigenvalue weighted by Gasteiger charge is -2.09. The second kappa shape index (κ2) is 7.28. The molecule has 0 saturated heterocycles. The van der Waals surface area contributed by atoms with Gasteiger partial charge in [0.25, 0.3) is 5.91 Å². The molecule has 2 aromatic carbocycles. The lowest BCUT2D eigenvalue weighted by atomic mass is 10.2. The van der Waals surface area contributed by atoms with Crippen LogP contribution in [0.1, 0.15) is 27.7 Å². The van der Waals surface area contributed by atoms with Crippen molar-refractivity contribution in [2.24, 2.45) is 0 Å². The molecule has 1 N–H and O–H groups in total. The Kier molecular flexibility index (Phi) is 4.68. The van der Waals surface area contributed by atoms with Gasteiger partial charge < -0.3 is 14.3 Å². The quantitative estimate of drug-likeness (QED) is 0.493. The fourth-order valence-corrected chi connectivity index (χ4v) is 3.67. The van der Waals surface area contributed by atoms with Crippen LogP contribution in [0, 0.1) is 13.8 Å². The third-order valence-corrected chi connectivity index (χ3v) is 5.04. The summed E-state index contributed by atoms with van der Waals surface area (Å²) < 4.78 is 10.6. The normalized spacial score (nSPS) is 11.0. The first-order valence-electron chi connectivity index (χ1n) is 8.41. The van der Waals surface area contributed by atoms with Crippen molar-refractivity contribution in [1.82, 2.24) is 10.1 Å². The van der Waals surface area contributed by atoms with Crippen LogP contribution in [0.5, 0.6) is 0 Å². The molecule has 0 aliphatic rings. The molecular formula is C20H17N3O3S. The number of aryl methyl sites for hydroxylation is 2. The number of aromatic nitrogens is 2. The van der Waals surface area contributed by atoms with E-state index in [1.54, 1.807) is 36.9 Å². The predicted molar refractivity (Wildman–Crippen MR) is 104 cm³/mol. The SMILES string of the molecule is Cc1cc(CSc2ccccc2C(=O)Nc2ccc3oc(C)nc3c2)no1. The van der Waals surface area contributed by atoms with Crippen molar-refractivity contribution in [3.63, 3.8) is 0 Å². The summed E-state index contributed by atoms with van der Waals surface area (Å²) in [7, 11) is 0. The first-order chi connectivity index (χ1) is 13.1. The van der Waals surface area contributed by atoms with Crippen LogP contribution in [0.4, 0.5) is 5.69 Å². The van der Waals surface area contributed by atoms with Gasteiger partial charge in [0.15, 0.2) is 11.5 Å². The molecule has 0 bridgehead atoms. The van der Waals surface area contributed by atoms with E-state index in [-0.39, 0.29) is 5.91 Å². The summed E-state index contributed by atoms with van der Waals surface area (Å²) in [5.74, 6) is 1.83. The maximum Gasteiger partial charge on any atom is 0.256 e. The summed E-state index contributed by atoms with van der Waals surface area (Å²) in [5.41, 5.74) is 3.55.